The molecule has 1 heterocycles. The number of anilines is 1. The van der Waals surface area contributed by atoms with Crippen molar-refractivity contribution in [3.8, 4) is 0 Å². The Bertz CT molecular complexity index is 338. The Balaban J connectivity index is 1.73. The molecule has 1 aromatic carbocycles. The number of nitrogens with zero attached hydrogens (tertiary/aromatic N) is 1. The number of hydrogen-bond acceptors (Lipinski definition) is 3. The van der Waals surface area contributed by atoms with Gasteiger partial charge in [-0.3, -0.25) is 0 Å². The quantitative estimate of drug-likeness (QED) is 0.889. The molecule has 1 aromatic rings. The van der Waals surface area contributed by atoms with Crippen LogP contribution >= 0.6 is 11.8 Å². The second-order valence-electron chi connectivity index (χ2n) is 4.21. The molecule has 0 spiro atoms. The Kier molecular flexibility index (Phi) is 5.13. The van der Waals surface area contributed by atoms with E-state index in [0.717, 1.165) is 19.6 Å². The molecule has 94 valence electrons. The van der Waals surface area contributed by atoms with E-state index in [1.165, 1.54) is 30.5 Å². The lowest BCUT2D eigenvalue weighted by Gasteiger charge is -2.19. The van der Waals surface area contributed by atoms with E-state index in [1.807, 2.05) is 17.8 Å². The minimum atomic E-state index is -0.168. The summed E-state index contributed by atoms with van der Waals surface area (Å²) in [7, 11) is 0. The van der Waals surface area contributed by atoms with E-state index in [-0.39, 0.29) is 5.82 Å². The fourth-order valence-corrected chi connectivity index (χ4v) is 2.90. The number of halogens is 1. The van der Waals surface area contributed by atoms with Crippen LogP contribution in [0.25, 0.3) is 0 Å². The molecule has 4 heteroatoms. The molecule has 1 aliphatic heterocycles. The molecule has 17 heavy (non-hydrogen) atoms. The molecule has 0 atom stereocenters. The molecule has 1 fully saturated rings. The van der Waals surface area contributed by atoms with Crippen LogP contribution in [0.5, 0.6) is 0 Å². The van der Waals surface area contributed by atoms with Gasteiger partial charge in [-0.05, 0) is 30.9 Å². The van der Waals surface area contributed by atoms with E-state index in [1.54, 1.807) is 12.1 Å². The first-order valence-electron chi connectivity index (χ1n) is 6.15. The minimum absolute atomic E-state index is 0.168. The molecule has 0 bridgehead atoms. The monoisotopic (exact) mass is 254 g/mol. The summed E-state index contributed by atoms with van der Waals surface area (Å²) in [5.74, 6) is 2.33. The first-order valence-corrected chi connectivity index (χ1v) is 7.30. The third-order valence-electron chi connectivity index (χ3n) is 2.93. The first kappa shape index (κ1) is 12.7. The zero-order chi connectivity index (χ0) is 11.9. The highest BCUT2D eigenvalue weighted by molar-refractivity contribution is 7.99. The van der Waals surface area contributed by atoms with Crippen LogP contribution in [0.15, 0.2) is 24.3 Å². The van der Waals surface area contributed by atoms with Crippen molar-refractivity contribution in [2.45, 2.75) is 6.42 Å². The van der Waals surface area contributed by atoms with Gasteiger partial charge in [0, 0.05) is 25.4 Å². The largest absolute Gasteiger partial charge is 0.381 e. The predicted octanol–water partition coefficient (Wildman–Crippen LogP) is 2.68. The van der Waals surface area contributed by atoms with Crippen molar-refractivity contribution in [3.05, 3.63) is 30.1 Å². The van der Waals surface area contributed by atoms with Gasteiger partial charge < -0.3 is 10.2 Å². The highest BCUT2D eigenvalue weighted by atomic mass is 32.2. The van der Waals surface area contributed by atoms with Crippen LogP contribution in [0, 0.1) is 5.82 Å². The van der Waals surface area contributed by atoms with Crippen LogP contribution in [-0.4, -0.2) is 42.6 Å². The SMILES string of the molecule is Fc1ccccc1NCCN1CCCSCC1. The predicted molar refractivity (Wildman–Crippen MR) is 73.3 cm³/mol. The van der Waals surface area contributed by atoms with Gasteiger partial charge in [0.2, 0.25) is 0 Å². The summed E-state index contributed by atoms with van der Waals surface area (Å²) in [5.41, 5.74) is 0.608. The molecular formula is C13H19FN2S. The van der Waals surface area contributed by atoms with E-state index in [4.69, 9.17) is 0 Å². The molecule has 0 saturated carbocycles. The Morgan fingerprint density at radius 3 is 3.00 bits per heavy atom. The zero-order valence-electron chi connectivity index (χ0n) is 9.99. The maximum absolute atomic E-state index is 13.3. The third kappa shape index (κ3) is 4.21. The maximum Gasteiger partial charge on any atom is 0.146 e. The van der Waals surface area contributed by atoms with Gasteiger partial charge in [0.15, 0.2) is 0 Å². The molecule has 1 N–H and O–H groups in total. The van der Waals surface area contributed by atoms with E-state index >= 15 is 0 Å². The van der Waals surface area contributed by atoms with Gasteiger partial charge >= 0.3 is 0 Å². The summed E-state index contributed by atoms with van der Waals surface area (Å²) < 4.78 is 13.3. The van der Waals surface area contributed by atoms with E-state index in [9.17, 15) is 4.39 Å². The standard InChI is InChI=1S/C13H19FN2S/c14-12-4-1-2-5-13(12)15-6-8-16-7-3-10-17-11-9-16/h1-2,4-5,15H,3,6-11H2. The van der Waals surface area contributed by atoms with Crippen molar-refractivity contribution >= 4 is 17.4 Å². The molecule has 1 saturated heterocycles. The van der Waals surface area contributed by atoms with E-state index in [0.29, 0.717) is 5.69 Å². The van der Waals surface area contributed by atoms with Crippen LogP contribution in [0.2, 0.25) is 0 Å². The number of benzene rings is 1. The lowest BCUT2D eigenvalue weighted by molar-refractivity contribution is 0.307. The van der Waals surface area contributed by atoms with Crippen LogP contribution in [0.3, 0.4) is 0 Å². The average Bonchev–Trinajstić information content (AvgIpc) is 2.60. The Morgan fingerprint density at radius 1 is 1.24 bits per heavy atom. The molecule has 1 aliphatic rings. The fourth-order valence-electron chi connectivity index (χ4n) is 1.97. The average molecular weight is 254 g/mol. The van der Waals surface area contributed by atoms with Gasteiger partial charge in [-0.25, -0.2) is 4.39 Å². The topological polar surface area (TPSA) is 15.3 Å². The molecule has 0 amide bonds. The van der Waals surface area contributed by atoms with Crippen molar-refractivity contribution < 1.29 is 4.39 Å². The van der Waals surface area contributed by atoms with Gasteiger partial charge in [-0.1, -0.05) is 12.1 Å². The van der Waals surface area contributed by atoms with Crippen molar-refractivity contribution in [1.29, 1.82) is 0 Å². The number of nitrogens with one attached hydrogen (secondary N) is 1. The van der Waals surface area contributed by atoms with Gasteiger partial charge in [-0.2, -0.15) is 11.8 Å². The van der Waals surface area contributed by atoms with Crippen molar-refractivity contribution in [2.24, 2.45) is 0 Å². The number of para-hydroxylation sites is 1. The molecule has 0 aliphatic carbocycles. The van der Waals surface area contributed by atoms with Crippen molar-refractivity contribution in [2.75, 3.05) is 43.0 Å². The highest BCUT2D eigenvalue weighted by Crippen LogP contribution is 2.12. The third-order valence-corrected chi connectivity index (χ3v) is 3.98. The molecule has 2 nitrogen and oxygen atoms in total. The second kappa shape index (κ2) is 6.87. The smallest absolute Gasteiger partial charge is 0.146 e. The summed E-state index contributed by atoms with van der Waals surface area (Å²) in [4.78, 5) is 2.45. The summed E-state index contributed by atoms with van der Waals surface area (Å²) in [6.07, 6.45) is 1.27. The normalized spacial score (nSPS) is 17.7. The van der Waals surface area contributed by atoms with Crippen LogP contribution < -0.4 is 5.32 Å². The Hall–Kier alpha value is -0.740. The zero-order valence-corrected chi connectivity index (χ0v) is 10.8. The summed E-state index contributed by atoms with van der Waals surface area (Å²) in [6.45, 7) is 4.13. The highest BCUT2D eigenvalue weighted by Gasteiger charge is 2.08. The van der Waals surface area contributed by atoms with Crippen LogP contribution in [0.4, 0.5) is 10.1 Å². The Labute approximate surface area is 107 Å². The van der Waals surface area contributed by atoms with Gasteiger partial charge in [0.25, 0.3) is 0 Å². The summed E-state index contributed by atoms with van der Waals surface area (Å²) >= 11 is 2.03. The maximum atomic E-state index is 13.3. The van der Waals surface area contributed by atoms with E-state index < -0.39 is 0 Å². The number of rotatable bonds is 4. The molecule has 2 rings (SSSR count). The fraction of sp³-hybridized carbons (Fsp3) is 0.538. The minimum Gasteiger partial charge on any atom is -0.381 e. The summed E-state index contributed by atoms with van der Waals surface area (Å²) in [6, 6.07) is 6.85. The van der Waals surface area contributed by atoms with Gasteiger partial charge in [0.1, 0.15) is 5.82 Å². The lowest BCUT2D eigenvalue weighted by atomic mass is 10.3. The molecule has 0 aromatic heterocycles. The summed E-state index contributed by atoms with van der Waals surface area (Å²) in [5, 5.41) is 3.16. The molecule has 0 unspecified atom stereocenters. The Morgan fingerprint density at radius 2 is 2.12 bits per heavy atom. The molecule has 0 radical (unpaired) electrons. The lowest BCUT2D eigenvalue weighted by Crippen LogP contribution is -2.31. The van der Waals surface area contributed by atoms with Crippen molar-refractivity contribution in [1.82, 2.24) is 4.90 Å². The first-order chi connectivity index (χ1) is 8.36. The van der Waals surface area contributed by atoms with Gasteiger partial charge in [0.05, 0.1) is 5.69 Å². The number of thioether (sulfide) groups is 1. The second-order valence-corrected chi connectivity index (χ2v) is 5.44. The molecular weight excluding hydrogens is 235 g/mol. The van der Waals surface area contributed by atoms with Crippen molar-refractivity contribution in [3.63, 3.8) is 0 Å². The van der Waals surface area contributed by atoms with Gasteiger partial charge in [-0.15, -0.1) is 0 Å². The van der Waals surface area contributed by atoms with Crippen LogP contribution in [-0.2, 0) is 0 Å². The van der Waals surface area contributed by atoms with E-state index in [2.05, 4.69) is 10.2 Å². The number of hydrogen-bond donors (Lipinski definition) is 1. The van der Waals surface area contributed by atoms with Crippen LogP contribution in [0.1, 0.15) is 6.42 Å².